The van der Waals surface area contributed by atoms with Crippen LogP contribution >= 0.6 is 0 Å². The van der Waals surface area contributed by atoms with Crippen LogP contribution in [-0.2, 0) is 9.53 Å². The largest absolute Gasteiger partial charge is 0.469 e. The first kappa shape index (κ1) is 10.0. The lowest BCUT2D eigenvalue weighted by atomic mass is 9.67. The molecule has 2 aliphatic rings. The van der Waals surface area contributed by atoms with Crippen LogP contribution in [0.15, 0.2) is 0 Å². The number of carbonyl (C=O) groups is 1. The van der Waals surface area contributed by atoms with Crippen LogP contribution in [0.2, 0.25) is 0 Å². The average molecular weight is 196 g/mol. The number of esters is 1. The molecule has 80 valence electrons. The van der Waals surface area contributed by atoms with Crippen molar-refractivity contribution < 1.29 is 9.53 Å². The van der Waals surface area contributed by atoms with Crippen molar-refractivity contribution in [2.75, 3.05) is 7.11 Å². The van der Waals surface area contributed by atoms with Crippen LogP contribution in [0.1, 0.15) is 46.5 Å². The minimum atomic E-state index is -0.223. The van der Waals surface area contributed by atoms with Gasteiger partial charge in [-0.25, -0.2) is 0 Å². The highest BCUT2D eigenvalue weighted by Gasteiger charge is 2.66. The van der Waals surface area contributed by atoms with Crippen molar-refractivity contribution in [1.29, 1.82) is 0 Å². The molecule has 2 rings (SSSR count). The summed E-state index contributed by atoms with van der Waals surface area (Å²) in [4.78, 5) is 11.7. The molecule has 0 bridgehead atoms. The van der Waals surface area contributed by atoms with Crippen molar-refractivity contribution in [3.05, 3.63) is 0 Å². The van der Waals surface area contributed by atoms with Gasteiger partial charge in [0.25, 0.3) is 0 Å². The Hall–Kier alpha value is -0.530. The predicted molar refractivity (Wildman–Crippen MR) is 54.8 cm³/mol. The summed E-state index contributed by atoms with van der Waals surface area (Å²) in [7, 11) is 1.50. The van der Waals surface area contributed by atoms with Gasteiger partial charge in [0, 0.05) is 0 Å². The Morgan fingerprint density at radius 2 is 1.71 bits per heavy atom. The van der Waals surface area contributed by atoms with Gasteiger partial charge in [-0.1, -0.05) is 13.8 Å². The summed E-state index contributed by atoms with van der Waals surface area (Å²) in [6.45, 7) is 6.72. The molecular weight excluding hydrogens is 176 g/mol. The molecule has 0 amide bonds. The van der Waals surface area contributed by atoms with Crippen LogP contribution in [0.25, 0.3) is 0 Å². The van der Waals surface area contributed by atoms with E-state index in [0.29, 0.717) is 10.8 Å². The van der Waals surface area contributed by atoms with Gasteiger partial charge in [-0.05, 0) is 43.4 Å². The summed E-state index contributed by atoms with van der Waals surface area (Å²) in [5.74, 6) is -0.0207. The maximum atomic E-state index is 11.7. The fourth-order valence-corrected chi connectivity index (χ4v) is 3.40. The Balaban J connectivity index is 2.16. The zero-order valence-corrected chi connectivity index (χ0v) is 9.64. The van der Waals surface area contributed by atoms with Crippen LogP contribution in [-0.4, -0.2) is 13.1 Å². The molecular formula is C12H20O2. The van der Waals surface area contributed by atoms with E-state index in [-0.39, 0.29) is 11.4 Å². The van der Waals surface area contributed by atoms with E-state index >= 15 is 0 Å². The monoisotopic (exact) mass is 196 g/mol. The van der Waals surface area contributed by atoms with Gasteiger partial charge < -0.3 is 4.74 Å². The number of hydrogen-bond donors (Lipinski definition) is 0. The highest BCUT2D eigenvalue weighted by atomic mass is 16.5. The minimum absolute atomic E-state index is 0.0207. The van der Waals surface area contributed by atoms with E-state index in [1.807, 2.05) is 0 Å². The Morgan fingerprint density at radius 3 is 2.21 bits per heavy atom. The lowest BCUT2D eigenvalue weighted by Gasteiger charge is -2.37. The molecule has 0 unspecified atom stereocenters. The van der Waals surface area contributed by atoms with E-state index in [1.54, 1.807) is 0 Å². The van der Waals surface area contributed by atoms with Crippen molar-refractivity contribution in [2.45, 2.75) is 46.5 Å². The highest BCUT2D eigenvalue weighted by molar-refractivity contribution is 5.76. The third-order valence-corrected chi connectivity index (χ3v) is 4.80. The zero-order chi connectivity index (χ0) is 10.6. The Morgan fingerprint density at radius 1 is 1.07 bits per heavy atom. The summed E-state index contributed by atoms with van der Waals surface area (Å²) in [5.41, 5.74) is 0.689. The molecule has 0 aromatic rings. The second-order valence-electron chi connectivity index (χ2n) is 6.03. The minimum Gasteiger partial charge on any atom is -0.469 e. The van der Waals surface area contributed by atoms with Crippen LogP contribution in [0.3, 0.4) is 0 Å². The molecule has 0 radical (unpaired) electrons. The first-order valence-electron chi connectivity index (χ1n) is 5.44. The number of fused-ring (bicyclic) bond motifs is 1. The van der Waals surface area contributed by atoms with E-state index in [2.05, 4.69) is 20.8 Å². The standard InChI is InChI=1S/C12H20O2/c1-10(9(13)14-4)5-6-11(2)8-12(11,3)7-10/h5-8H2,1-4H3/t10-,11-,12+/m0/s1. The third kappa shape index (κ3) is 1.12. The van der Waals surface area contributed by atoms with Crippen LogP contribution in [0.4, 0.5) is 0 Å². The van der Waals surface area contributed by atoms with Crippen LogP contribution < -0.4 is 0 Å². The van der Waals surface area contributed by atoms with Crippen molar-refractivity contribution in [2.24, 2.45) is 16.2 Å². The molecule has 0 spiro atoms. The second kappa shape index (κ2) is 2.53. The fourth-order valence-electron chi connectivity index (χ4n) is 3.40. The van der Waals surface area contributed by atoms with Gasteiger partial charge in [0.1, 0.15) is 0 Å². The average Bonchev–Trinajstić information content (AvgIpc) is 2.66. The lowest BCUT2D eigenvalue weighted by molar-refractivity contribution is -0.155. The first-order chi connectivity index (χ1) is 6.35. The molecule has 0 N–H and O–H groups in total. The van der Waals surface area contributed by atoms with E-state index in [1.165, 1.54) is 20.0 Å². The molecule has 0 aromatic heterocycles. The summed E-state index contributed by atoms with van der Waals surface area (Å²) < 4.78 is 4.90. The topological polar surface area (TPSA) is 26.3 Å². The van der Waals surface area contributed by atoms with Crippen LogP contribution in [0.5, 0.6) is 0 Å². The summed E-state index contributed by atoms with van der Waals surface area (Å²) in [6.07, 6.45) is 4.45. The maximum absolute atomic E-state index is 11.7. The van der Waals surface area contributed by atoms with Crippen LogP contribution in [0, 0.1) is 16.2 Å². The first-order valence-corrected chi connectivity index (χ1v) is 5.44. The molecule has 0 aromatic carbocycles. The maximum Gasteiger partial charge on any atom is 0.311 e. The Kier molecular flexibility index (Phi) is 1.81. The Labute approximate surface area is 86.0 Å². The van der Waals surface area contributed by atoms with Gasteiger partial charge in [-0.3, -0.25) is 4.79 Å². The highest BCUT2D eigenvalue weighted by Crippen LogP contribution is 2.73. The van der Waals surface area contributed by atoms with Gasteiger partial charge in [0.2, 0.25) is 0 Å². The lowest BCUT2D eigenvalue weighted by Crippen LogP contribution is -2.36. The number of ether oxygens (including phenoxy) is 1. The van der Waals surface area contributed by atoms with Gasteiger partial charge in [-0.2, -0.15) is 0 Å². The van der Waals surface area contributed by atoms with E-state index < -0.39 is 0 Å². The van der Waals surface area contributed by atoms with E-state index in [4.69, 9.17) is 4.74 Å². The molecule has 2 saturated carbocycles. The summed E-state index contributed by atoms with van der Waals surface area (Å²) >= 11 is 0. The number of rotatable bonds is 1. The second-order valence-corrected chi connectivity index (χ2v) is 6.03. The molecule has 2 heteroatoms. The van der Waals surface area contributed by atoms with Gasteiger partial charge in [0.05, 0.1) is 12.5 Å². The van der Waals surface area contributed by atoms with Gasteiger partial charge >= 0.3 is 5.97 Å². The van der Waals surface area contributed by atoms with Crippen molar-refractivity contribution in [1.82, 2.24) is 0 Å². The summed E-state index contributed by atoms with van der Waals surface area (Å²) in [6, 6.07) is 0. The SMILES string of the molecule is COC(=O)[C@@]1(C)CC[C@@]2(C)C[C@@]2(C)C1. The van der Waals surface area contributed by atoms with Crippen molar-refractivity contribution in [3.8, 4) is 0 Å². The smallest absolute Gasteiger partial charge is 0.311 e. The molecule has 14 heavy (non-hydrogen) atoms. The molecule has 0 saturated heterocycles. The normalized spacial score (nSPS) is 50.9. The molecule has 0 aliphatic heterocycles. The number of methoxy groups -OCH3 is 1. The van der Waals surface area contributed by atoms with Crippen molar-refractivity contribution in [3.63, 3.8) is 0 Å². The molecule has 2 nitrogen and oxygen atoms in total. The quantitative estimate of drug-likeness (QED) is 0.603. The van der Waals surface area contributed by atoms with E-state index in [0.717, 1.165) is 12.8 Å². The Bertz CT molecular complexity index is 286. The van der Waals surface area contributed by atoms with Gasteiger partial charge in [0.15, 0.2) is 0 Å². The predicted octanol–water partition coefficient (Wildman–Crippen LogP) is 2.77. The molecule has 0 heterocycles. The zero-order valence-electron chi connectivity index (χ0n) is 9.64. The fraction of sp³-hybridized carbons (Fsp3) is 0.917. The summed E-state index contributed by atoms with van der Waals surface area (Å²) in [5, 5.41) is 0. The third-order valence-electron chi connectivity index (χ3n) is 4.80. The molecule has 2 fully saturated rings. The number of carbonyl (C=O) groups excluding carboxylic acids is 1. The van der Waals surface area contributed by atoms with E-state index in [9.17, 15) is 4.79 Å². The van der Waals surface area contributed by atoms with Crippen molar-refractivity contribution >= 4 is 5.97 Å². The number of hydrogen-bond acceptors (Lipinski definition) is 2. The molecule has 2 aliphatic carbocycles. The molecule has 3 atom stereocenters. The van der Waals surface area contributed by atoms with Gasteiger partial charge in [-0.15, -0.1) is 0 Å².